The maximum Gasteiger partial charge on any atom is 0.354 e. The molecule has 2 rings (SSSR count). The Morgan fingerprint density at radius 2 is 1.90 bits per heavy atom. The summed E-state index contributed by atoms with van der Waals surface area (Å²) in [5.41, 5.74) is -0.133. The van der Waals surface area contributed by atoms with Gasteiger partial charge in [-0.15, -0.1) is 0 Å². The van der Waals surface area contributed by atoms with E-state index in [0.29, 0.717) is 0 Å². The normalized spacial score (nSPS) is 10.0. The first kappa shape index (κ1) is 13.3. The summed E-state index contributed by atoms with van der Waals surface area (Å²) >= 11 is 0. The standard InChI is InChI=1S/C13H10N2O5/c16-10-3-1-2-8(11(10)17)12(18)15-7-4-5-14-9(6-7)13(19)20/h1-6,16-17H,(H,19,20)(H,14,15,18). The summed E-state index contributed by atoms with van der Waals surface area (Å²) in [5.74, 6) is -2.86. The zero-order chi connectivity index (χ0) is 14.7. The summed E-state index contributed by atoms with van der Waals surface area (Å²) in [6.07, 6.45) is 1.24. The van der Waals surface area contributed by atoms with Crippen LogP contribution in [0, 0.1) is 0 Å². The lowest BCUT2D eigenvalue weighted by Gasteiger charge is -2.08. The van der Waals surface area contributed by atoms with Crippen LogP contribution in [0.2, 0.25) is 0 Å². The van der Waals surface area contributed by atoms with Crippen molar-refractivity contribution in [1.82, 2.24) is 4.98 Å². The van der Waals surface area contributed by atoms with Crippen LogP contribution in [0.1, 0.15) is 20.8 Å². The molecule has 4 N–H and O–H groups in total. The van der Waals surface area contributed by atoms with E-state index in [0.717, 1.165) is 0 Å². The van der Waals surface area contributed by atoms with E-state index >= 15 is 0 Å². The molecule has 0 aliphatic carbocycles. The minimum absolute atomic E-state index is 0.126. The van der Waals surface area contributed by atoms with E-state index in [1.807, 2.05) is 0 Å². The smallest absolute Gasteiger partial charge is 0.354 e. The van der Waals surface area contributed by atoms with E-state index in [4.69, 9.17) is 5.11 Å². The van der Waals surface area contributed by atoms with Crippen LogP contribution in [0.15, 0.2) is 36.5 Å². The number of aromatic nitrogens is 1. The molecular weight excluding hydrogens is 264 g/mol. The van der Waals surface area contributed by atoms with Gasteiger partial charge in [0.2, 0.25) is 0 Å². The fraction of sp³-hybridized carbons (Fsp3) is 0. The van der Waals surface area contributed by atoms with E-state index < -0.39 is 23.4 Å². The second kappa shape index (κ2) is 5.27. The zero-order valence-corrected chi connectivity index (χ0v) is 10.1. The predicted octanol–water partition coefficient (Wildman–Crippen LogP) is 1.44. The van der Waals surface area contributed by atoms with Gasteiger partial charge in [0, 0.05) is 11.9 Å². The Balaban J connectivity index is 2.26. The molecule has 1 aromatic carbocycles. The molecule has 0 unspecified atom stereocenters. The third kappa shape index (κ3) is 2.66. The molecule has 0 atom stereocenters. The van der Waals surface area contributed by atoms with Crippen LogP contribution in [0.4, 0.5) is 5.69 Å². The Bertz CT molecular complexity index is 684. The van der Waals surface area contributed by atoms with Crippen LogP contribution in [-0.4, -0.2) is 32.2 Å². The third-order valence-corrected chi connectivity index (χ3v) is 2.50. The van der Waals surface area contributed by atoms with Crippen molar-refractivity contribution in [3.63, 3.8) is 0 Å². The van der Waals surface area contributed by atoms with Crippen molar-refractivity contribution < 1.29 is 24.9 Å². The lowest BCUT2D eigenvalue weighted by atomic mass is 10.1. The Morgan fingerprint density at radius 3 is 2.60 bits per heavy atom. The highest BCUT2D eigenvalue weighted by molar-refractivity contribution is 6.06. The highest BCUT2D eigenvalue weighted by Crippen LogP contribution is 2.28. The first-order chi connectivity index (χ1) is 9.49. The van der Waals surface area contributed by atoms with Crippen LogP contribution in [0.5, 0.6) is 11.5 Å². The average molecular weight is 274 g/mol. The summed E-state index contributed by atoms with van der Waals surface area (Å²) in [6, 6.07) is 6.55. The fourth-order valence-electron chi connectivity index (χ4n) is 1.54. The Hall–Kier alpha value is -3.09. The molecule has 102 valence electrons. The molecule has 0 spiro atoms. The van der Waals surface area contributed by atoms with Crippen molar-refractivity contribution >= 4 is 17.6 Å². The van der Waals surface area contributed by atoms with Crippen molar-refractivity contribution in [1.29, 1.82) is 0 Å². The Morgan fingerprint density at radius 1 is 1.15 bits per heavy atom. The number of nitrogens with one attached hydrogen (secondary N) is 1. The molecule has 2 aromatic rings. The van der Waals surface area contributed by atoms with E-state index in [1.165, 1.54) is 36.5 Å². The van der Waals surface area contributed by atoms with Gasteiger partial charge in [-0.2, -0.15) is 0 Å². The molecule has 1 amide bonds. The van der Waals surface area contributed by atoms with Crippen molar-refractivity contribution in [2.75, 3.05) is 5.32 Å². The van der Waals surface area contributed by atoms with Crippen LogP contribution < -0.4 is 5.32 Å². The minimum atomic E-state index is -1.22. The number of carboxylic acid groups (broad SMARTS) is 1. The number of anilines is 1. The van der Waals surface area contributed by atoms with Crippen molar-refractivity contribution in [2.45, 2.75) is 0 Å². The van der Waals surface area contributed by atoms with E-state index in [9.17, 15) is 19.8 Å². The van der Waals surface area contributed by atoms with Gasteiger partial charge in [-0.1, -0.05) is 6.07 Å². The van der Waals surface area contributed by atoms with Gasteiger partial charge < -0.3 is 20.6 Å². The number of para-hydroxylation sites is 1. The van der Waals surface area contributed by atoms with Gasteiger partial charge in [-0.25, -0.2) is 9.78 Å². The highest BCUT2D eigenvalue weighted by atomic mass is 16.4. The molecule has 0 aliphatic heterocycles. The number of carbonyl (C=O) groups is 2. The fourth-order valence-corrected chi connectivity index (χ4v) is 1.54. The number of phenols is 2. The van der Waals surface area contributed by atoms with Gasteiger partial charge in [0.05, 0.1) is 5.56 Å². The van der Waals surface area contributed by atoms with E-state index in [2.05, 4.69) is 10.3 Å². The Labute approximate surface area is 113 Å². The summed E-state index contributed by atoms with van der Waals surface area (Å²) in [6.45, 7) is 0. The summed E-state index contributed by atoms with van der Waals surface area (Å²) in [5, 5.41) is 30.1. The van der Waals surface area contributed by atoms with Crippen LogP contribution >= 0.6 is 0 Å². The number of pyridine rings is 1. The molecule has 0 saturated heterocycles. The molecule has 1 heterocycles. The van der Waals surface area contributed by atoms with Gasteiger partial charge in [-0.05, 0) is 24.3 Å². The maximum atomic E-state index is 11.9. The zero-order valence-electron chi connectivity index (χ0n) is 10.1. The first-order valence-electron chi connectivity index (χ1n) is 5.50. The number of hydrogen-bond acceptors (Lipinski definition) is 5. The largest absolute Gasteiger partial charge is 0.504 e. The summed E-state index contributed by atoms with van der Waals surface area (Å²) in [7, 11) is 0. The van der Waals surface area contributed by atoms with Crippen LogP contribution in [-0.2, 0) is 0 Å². The number of carboxylic acids is 1. The number of benzene rings is 1. The highest BCUT2D eigenvalue weighted by Gasteiger charge is 2.14. The minimum Gasteiger partial charge on any atom is -0.504 e. The van der Waals surface area contributed by atoms with Gasteiger partial charge >= 0.3 is 5.97 Å². The van der Waals surface area contributed by atoms with Gasteiger partial charge in [0.25, 0.3) is 5.91 Å². The summed E-state index contributed by atoms with van der Waals surface area (Å²) < 4.78 is 0. The second-order valence-electron chi connectivity index (χ2n) is 3.86. The lowest BCUT2D eigenvalue weighted by molar-refractivity contribution is 0.0690. The number of amides is 1. The van der Waals surface area contributed by atoms with Crippen molar-refractivity contribution in [2.24, 2.45) is 0 Å². The Kier molecular flexibility index (Phi) is 3.52. The monoisotopic (exact) mass is 274 g/mol. The molecule has 0 fully saturated rings. The van der Waals surface area contributed by atoms with Crippen LogP contribution in [0.3, 0.4) is 0 Å². The molecule has 0 bridgehead atoms. The third-order valence-electron chi connectivity index (χ3n) is 2.50. The molecule has 20 heavy (non-hydrogen) atoms. The molecule has 0 radical (unpaired) electrons. The molecular formula is C13H10N2O5. The SMILES string of the molecule is O=C(O)c1cc(NC(=O)c2cccc(O)c2O)ccn1. The van der Waals surface area contributed by atoms with Gasteiger partial charge in [0.15, 0.2) is 11.5 Å². The molecule has 0 saturated carbocycles. The first-order valence-corrected chi connectivity index (χ1v) is 5.50. The molecule has 7 nitrogen and oxygen atoms in total. The number of nitrogens with zero attached hydrogens (tertiary/aromatic N) is 1. The molecule has 1 aromatic heterocycles. The van der Waals surface area contributed by atoms with Gasteiger partial charge in [-0.3, -0.25) is 4.79 Å². The van der Waals surface area contributed by atoms with Crippen LogP contribution in [0.25, 0.3) is 0 Å². The van der Waals surface area contributed by atoms with Crippen molar-refractivity contribution in [3.8, 4) is 11.5 Å². The average Bonchev–Trinajstić information content (AvgIpc) is 2.42. The van der Waals surface area contributed by atoms with Crippen molar-refractivity contribution in [3.05, 3.63) is 47.8 Å². The topological polar surface area (TPSA) is 120 Å². The summed E-state index contributed by atoms with van der Waals surface area (Å²) in [4.78, 5) is 26.3. The number of phenolic OH excluding ortho intramolecular Hbond substituents is 2. The lowest BCUT2D eigenvalue weighted by Crippen LogP contribution is -2.13. The quantitative estimate of drug-likeness (QED) is 0.629. The molecule has 7 heteroatoms. The van der Waals surface area contributed by atoms with E-state index in [1.54, 1.807) is 0 Å². The number of aromatic hydroxyl groups is 2. The number of aromatic carboxylic acids is 1. The molecule has 0 aliphatic rings. The van der Waals surface area contributed by atoms with E-state index in [-0.39, 0.29) is 16.9 Å². The van der Waals surface area contributed by atoms with Gasteiger partial charge in [0.1, 0.15) is 5.69 Å². The number of hydrogen-bond donors (Lipinski definition) is 4. The second-order valence-corrected chi connectivity index (χ2v) is 3.86. The maximum absolute atomic E-state index is 11.9. The predicted molar refractivity (Wildman–Crippen MR) is 68.9 cm³/mol. The number of carbonyl (C=O) groups excluding carboxylic acids is 1. The number of rotatable bonds is 3.